The predicted octanol–water partition coefficient (Wildman–Crippen LogP) is -1.67. The lowest BCUT2D eigenvalue weighted by atomic mass is 9.86. The number of carboxylic acid groups (broad SMARTS) is 1. The molecule has 94 valence electrons. The van der Waals surface area contributed by atoms with Crippen molar-refractivity contribution in [3.63, 3.8) is 0 Å². The Morgan fingerprint density at radius 2 is 2.24 bits per heavy atom. The summed E-state index contributed by atoms with van der Waals surface area (Å²) in [6.45, 7) is 0.522. The van der Waals surface area contributed by atoms with Crippen molar-refractivity contribution < 1.29 is 19.5 Å². The number of hydrazine groups is 1. The number of carbonyl (C=O) groups excluding carboxylic acids is 2. The number of nitrogens with zero attached hydrogens (tertiary/aromatic N) is 2. The molecule has 2 heterocycles. The van der Waals surface area contributed by atoms with E-state index in [0.29, 0.717) is 19.4 Å². The summed E-state index contributed by atoms with van der Waals surface area (Å²) in [6.07, 6.45) is 0.118. The third-order valence-electron chi connectivity index (χ3n) is 3.35. The number of hydrogen-bond donors (Lipinski definition) is 3. The van der Waals surface area contributed by atoms with E-state index >= 15 is 0 Å². The summed E-state index contributed by atoms with van der Waals surface area (Å²) in [6, 6.07) is 0. The average molecular weight is 242 g/mol. The molecule has 8 heteroatoms. The smallest absolute Gasteiger partial charge is 0.408 e. The lowest BCUT2D eigenvalue weighted by molar-refractivity contribution is -0.161. The first-order valence-electron chi connectivity index (χ1n) is 5.30. The number of likely N-dealkylation sites (tertiary alicyclic amines) is 2. The summed E-state index contributed by atoms with van der Waals surface area (Å²) < 4.78 is 0. The SMILES string of the molecule is NNC(=O)CN1CC2(CCCN2C(=O)O)C1=O. The zero-order chi connectivity index (χ0) is 12.6. The van der Waals surface area contributed by atoms with E-state index in [0.717, 1.165) is 0 Å². The van der Waals surface area contributed by atoms with Crippen molar-refractivity contribution in [3.8, 4) is 0 Å². The molecule has 2 aliphatic rings. The van der Waals surface area contributed by atoms with Gasteiger partial charge in [-0.3, -0.25) is 19.9 Å². The third kappa shape index (κ3) is 1.60. The maximum atomic E-state index is 12.0. The number of amides is 3. The van der Waals surface area contributed by atoms with E-state index in [1.807, 2.05) is 5.43 Å². The molecule has 0 radical (unpaired) electrons. The van der Waals surface area contributed by atoms with Gasteiger partial charge in [0, 0.05) is 6.54 Å². The van der Waals surface area contributed by atoms with Crippen LogP contribution in [-0.2, 0) is 9.59 Å². The molecule has 0 aliphatic carbocycles. The Kier molecular flexibility index (Phi) is 2.66. The molecule has 2 rings (SSSR count). The third-order valence-corrected chi connectivity index (χ3v) is 3.35. The van der Waals surface area contributed by atoms with E-state index in [-0.39, 0.29) is 19.0 Å². The van der Waals surface area contributed by atoms with Gasteiger partial charge in [0.1, 0.15) is 12.1 Å². The van der Waals surface area contributed by atoms with Crippen LogP contribution < -0.4 is 11.3 Å². The van der Waals surface area contributed by atoms with Crippen molar-refractivity contribution in [2.24, 2.45) is 5.84 Å². The fourth-order valence-corrected chi connectivity index (χ4v) is 2.55. The monoisotopic (exact) mass is 242 g/mol. The van der Waals surface area contributed by atoms with Gasteiger partial charge < -0.3 is 10.0 Å². The Balaban J connectivity index is 2.04. The van der Waals surface area contributed by atoms with Crippen molar-refractivity contribution in [1.29, 1.82) is 0 Å². The second kappa shape index (κ2) is 3.88. The Labute approximate surface area is 97.3 Å². The standard InChI is InChI=1S/C9H14N4O4/c10-11-6(14)4-12-5-9(7(12)15)2-1-3-13(9)8(16)17/h1-5,10H2,(H,11,14)(H,16,17). The Hall–Kier alpha value is -1.83. The van der Waals surface area contributed by atoms with E-state index in [1.165, 1.54) is 9.80 Å². The van der Waals surface area contributed by atoms with Gasteiger partial charge in [-0.05, 0) is 12.8 Å². The molecule has 2 fully saturated rings. The highest BCUT2D eigenvalue weighted by Crippen LogP contribution is 2.38. The second-order valence-electron chi connectivity index (χ2n) is 4.30. The van der Waals surface area contributed by atoms with Crippen LogP contribution in [0.1, 0.15) is 12.8 Å². The quantitative estimate of drug-likeness (QED) is 0.232. The highest BCUT2D eigenvalue weighted by molar-refractivity contribution is 5.98. The number of rotatable bonds is 2. The molecule has 1 atom stereocenters. The van der Waals surface area contributed by atoms with Gasteiger partial charge in [0.05, 0.1) is 6.54 Å². The minimum Gasteiger partial charge on any atom is -0.465 e. The van der Waals surface area contributed by atoms with Gasteiger partial charge >= 0.3 is 6.09 Å². The van der Waals surface area contributed by atoms with Crippen molar-refractivity contribution in [2.75, 3.05) is 19.6 Å². The first-order valence-corrected chi connectivity index (χ1v) is 5.30. The van der Waals surface area contributed by atoms with Crippen LogP contribution in [0.15, 0.2) is 0 Å². The van der Waals surface area contributed by atoms with E-state index in [2.05, 4.69) is 0 Å². The molecule has 1 spiro atoms. The number of nitrogens with one attached hydrogen (secondary N) is 1. The van der Waals surface area contributed by atoms with Crippen LogP contribution in [-0.4, -0.2) is 58.0 Å². The second-order valence-corrected chi connectivity index (χ2v) is 4.30. The Bertz CT molecular complexity index is 385. The van der Waals surface area contributed by atoms with Crippen LogP contribution in [0.3, 0.4) is 0 Å². The van der Waals surface area contributed by atoms with E-state index in [1.54, 1.807) is 0 Å². The van der Waals surface area contributed by atoms with Gasteiger partial charge in [-0.2, -0.15) is 0 Å². The topological polar surface area (TPSA) is 116 Å². The van der Waals surface area contributed by atoms with Gasteiger partial charge in [0.2, 0.25) is 0 Å². The minimum atomic E-state index is -1.08. The molecule has 8 nitrogen and oxygen atoms in total. The Morgan fingerprint density at radius 3 is 2.76 bits per heavy atom. The van der Waals surface area contributed by atoms with Gasteiger partial charge in [-0.15, -0.1) is 0 Å². The van der Waals surface area contributed by atoms with Crippen LogP contribution in [0.5, 0.6) is 0 Å². The highest BCUT2D eigenvalue weighted by Gasteiger charge is 2.59. The summed E-state index contributed by atoms with van der Waals surface area (Å²) in [4.78, 5) is 36.4. The van der Waals surface area contributed by atoms with E-state index in [9.17, 15) is 14.4 Å². The van der Waals surface area contributed by atoms with Crippen molar-refractivity contribution in [1.82, 2.24) is 15.2 Å². The van der Waals surface area contributed by atoms with Gasteiger partial charge in [0.15, 0.2) is 0 Å². The van der Waals surface area contributed by atoms with E-state index in [4.69, 9.17) is 10.9 Å². The minimum absolute atomic E-state index is 0.120. The summed E-state index contributed by atoms with van der Waals surface area (Å²) >= 11 is 0. The molecule has 2 aliphatic heterocycles. The number of hydrogen-bond acceptors (Lipinski definition) is 4. The van der Waals surface area contributed by atoms with Crippen LogP contribution in [0.4, 0.5) is 4.79 Å². The van der Waals surface area contributed by atoms with Gasteiger partial charge in [-0.1, -0.05) is 0 Å². The average Bonchev–Trinajstić information content (AvgIpc) is 2.74. The zero-order valence-electron chi connectivity index (χ0n) is 9.18. The summed E-state index contributed by atoms with van der Waals surface area (Å²) in [5.41, 5.74) is 1.01. The summed E-state index contributed by atoms with van der Waals surface area (Å²) in [5, 5.41) is 9.00. The fraction of sp³-hybridized carbons (Fsp3) is 0.667. The van der Waals surface area contributed by atoms with E-state index < -0.39 is 17.5 Å². The molecule has 0 aromatic carbocycles. The van der Waals surface area contributed by atoms with Crippen LogP contribution in [0.25, 0.3) is 0 Å². The maximum absolute atomic E-state index is 12.0. The zero-order valence-corrected chi connectivity index (χ0v) is 9.18. The molecule has 1 unspecified atom stereocenters. The van der Waals surface area contributed by atoms with Crippen molar-refractivity contribution in [3.05, 3.63) is 0 Å². The molecule has 2 saturated heterocycles. The number of β-lactam (4-membered cyclic amide) rings is 1. The molecule has 3 amide bonds. The number of carbonyl (C=O) groups is 3. The lowest BCUT2D eigenvalue weighted by Gasteiger charge is -2.49. The van der Waals surface area contributed by atoms with Gasteiger partial charge in [0.25, 0.3) is 11.8 Å². The maximum Gasteiger partial charge on any atom is 0.408 e. The van der Waals surface area contributed by atoms with Crippen LogP contribution >= 0.6 is 0 Å². The van der Waals surface area contributed by atoms with Crippen LogP contribution in [0, 0.1) is 0 Å². The summed E-state index contributed by atoms with van der Waals surface area (Å²) in [5.74, 6) is 4.15. The predicted molar refractivity (Wildman–Crippen MR) is 55.6 cm³/mol. The molecular weight excluding hydrogens is 228 g/mol. The summed E-state index contributed by atoms with van der Waals surface area (Å²) in [7, 11) is 0. The van der Waals surface area contributed by atoms with Crippen molar-refractivity contribution >= 4 is 17.9 Å². The van der Waals surface area contributed by atoms with Crippen molar-refractivity contribution in [2.45, 2.75) is 18.4 Å². The first-order chi connectivity index (χ1) is 8.01. The normalized spacial score (nSPS) is 27.2. The lowest BCUT2D eigenvalue weighted by Crippen LogP contribution is -2.73. The largest absolute Gasteiger partial charge is 0.465 e. The molecule has 0 bridgehead atoms. The highest BCUT2D eigenvalue weighted by atomic mass is 16.4. The molecule has 0 aromatic heterocycles. The fourth-order valence-electron chi connectivity index (χ4n) is 2.55. The molecule has 17 heavy (non-hydrogen) atoms. The van der Waals surface area contributed by atoms with Gasteiger partial charge in [-0.25, -0.2) is 10.6 Å². The van der Waals surface area contributed by atoms with Crippen LogP contribution in [0.2, 0.25) is 0 Å². The number of nitrogens with two attached hydrogens (primary N) is 1. The molecule has 0 saturated carbocycles. The first kappa shape index (κ1) is 11.6. The molecular formula is C9H14N4O4. The molecule has 4 N–H and O–H groups in total. The Morgan fingerprint density at radius 1 is 1.53 bits per heavy atom. The molecule has 0 aromatic rings.